The summed E-state index contributed by atoms with van der Waals surface area (Å²) in [7, 11) is 2.14. The summed E-state index contributed by atoms with van der Waals surface area (Å²) in [5.41, 5.74) is 3.53. The predicted octanol–water partition coefficient (Wildman–Crippen LogP) is 5.67. The molecule has 1 atom stereocenters. The van der Waals surface area contributed by atoms with Crippen molar-refractivity contribution in [2.24, 2.45) is 5.92 Å². The zero-order chi connectivity index (χ0) is 23.9. The van der Waals surface area contributed by atoms with Gasteiger partial charge in [0.2, 0.25) is 5.91 Å². The Balaban J connectivity index is 1.31. The summed E-state index contributed by atoms with van der Waals surface area (Å²) >= 11 is 0. The van der Waals surface area contributed by atoms with Gasteiger partial charge in [-0.3, -0.25) is 14.7 Å². The lowest BCUT2D eigenvalue weighted by atomic mass is 9.98. The fourth-order valence-electron chi connectivity index (χ4n) is 4.92. The van der Waals surface area contributed by atoms with Gasteiger partial charge in [-0.15, -0.1) is 0 Å². The molecule has 0 N–H and O–H groups in total. The number of hydrogen-bond acceptors (Lipinski definition) is 4. The van der Waals surface area contributed by atoms with Crippen LogP contribution in [0.2, 0.25) is 0 Å². The highest BCUT2D eigenvalue weighted by Crippen LogP contribution is 2.23. The van der Waals surface area contributed by atoms with E-state index in [2.05, 4.69) is 64.3 Å². The van der Waals surface area contributed by atoms with Crippen molar-refractivity contribution >= 4 is 16.8 Å². The molecule has 1 fully saturated rings. The van der Waals surface area contributed by atoms with Crippen LogP contribution >= 0.6 is 0 Å². The molecule has 180 valence electrons. The van der Waals surface area contributed by atoms with Gasteiger partial charge in [0.05, 0.1) is 12.1 Å². The van der Waals surface area contributed by atoms with E-state index in [0.717, 1.165) is 50.2 Å². The average Bonchev–Trinajstić information content (AvgIpc) is 2.84. The maximum Gasteiger partial charge on any atom is 0.225 e. The van der Waals surface area contributed by atoms with Gasteiger partial charge in [0.1, 0.15) is 5.75 Å². The maximum absolute atomic E-state index is 12.6. The fraction of sp³-hybridized carbons (Fsp3) is 0.448. The van der Waals surface area contributed by atoms with Crippen LogP contribution in [0.1, 0.15) is 50.7 Å². The van der Waals surface area contributed by atoms with E-state index in [0.29, 0.717) is 12.6 Å². The number of aromatic nitrogens is 1. The number of ether oxygens (including phenoxy) is 1. The Morgan fingerprint density at radius 2 is 1.94 bits per heavy atom. The van der Waals surface area contributed by atoms with Crippen LogP contribution in [0.25, 0.3) is 10.9 Å². The molecule has 2 heterocycles. The molecule has 5 nitrogen and oxygen atoms in total. The third-order valence-corrected chi connectivity index (χ3v) is 6.63. The number of carbonyl (C=O) groups is 1. The summed E-state index contributed by atoms with van der Waals surface area (Å²) in [5, 5.41) is 1.18. The summed E-state index contributed by atoms with van der Waals surface area (Å²) in [6, 6.07) is 19.1. The smallest absolute Gasteiger partial charge is 0.225 e. The number of nitrogens with zero attached hydrogens (tertiary/aromatic N) is 3. The molecule has 2 aromatic carbocycles. The quantitative estimate of drug-likeness (QED) is 0.413. The molecule has 1 aromatic heterocycles. The Hall–Kier alpha value is -2.92. The Morgan fingerprint density at radius 1 is 1.12 bits per heavy atom. The van der Waals surface area contributed by atoms with Crippen molar-refractivity contribution in [3.63, 3.8) is 0 Å². The molecular formula is C29H37N3O2. The molecule has 0 saturated carbocycles. The lowest BCUT2D eigenvalue weighted by Gasteiger charge is -2.37. The molecule has 0 radical (unpaired) electrons. The van der Waals surface area contributed by atoms with E-state index in [9.17, 15) is 4.79 Å². The molecule has 0 unspecified atom stereocenters. The number of pyridine rings is 1. The number of likely N-dealkylation sites (tertiary alicyclic amines) is 1. The first kappa shape index (κ1) is 24.2. The van der Waals surface area contributed by atoms with Gasteiger partial charge in [0.25, 0.3) is 0 Å². The molecule has 1 saturated heterocycles. The predicted molar refractivity (Wildman–Crippen MR) is 138 cm³/mol. The largest absolute Gasteiger partial charge is 0.494 e. The normalized spacial score (nSPS) is 16.4. The van der Waals surface area contributed by atoms with Crippen LogP contribution in [0.15, 0.2) is 60.8 Å². The van der Waals surface area contributed by atoms with Crippen molar-refractivity contribution in [3.05, 3.63) is 71.9 Å². The summed E-state index contributed by atoms with van der Waals surface area (Å²) < 4.78 is 6.13. The summed E-state index contributed by atoms with van der Waals surface area (Å²) in [5.74, 6) is 1.23. The first-order valence-electron chi connectivity index (χ1n) is 12.5. The number of fused-ring (bicyclic) bond motifs is 1. The average molecular weight is 460 g/mol. The van der Waals surface area contributed by atoms with E-state index in [1.165, 1.54) is 22.9 Å². The van der Waals surface area contributed by atoms with Crippen molar-refractivity contribution in [3.8, 4) is 5.75 Å². The van der Waals surface area contributed by atoms with Gasteiger partial charge >= 0.3 is 0 Å². The second-order valence-electron chi connectivity index (χ2n) is 9.79. The van der Waals surface area contributed by atoms with E-state index >= 15 is 0 Å². The van der Waals surface area contributed by atoms with Gasteiger partial charge < -0.3 is 9.64 Å². The SMILES string of the molecule is CC(C)C(=O)N1CCCC[C@H]1CCOc1cccc(CN(C)Cc2cccc3cccnc23)c1. The van der Waals surface area contributed by atoms with E-state index in [4.69, 9.17) is 4.74 Å². The van der Waals surface area contributed by atoms with Gasteiger partial charge in [-0.1, -0.05) is 50.2 Å². The summed E-state index contributed by atoms with van der Waals surface area (Å²) in [4.78, 5) is 21.5. The molecule has 4 rings (SSSR count). The van der Waals surface area contributed by atoms with Crippen LogP contribution in [-0.2, 0) is 17.9 Å². The van der Waals surface area contributed by atoms with E-state index in [1.54, 1.807) is 0 Å². The minimum absolute atomic E-state index is 0.0554. The first-order chi connectivity index (χ1) is 16.5. The van der Waals surface area contributed by atoms with Gasteiger partial charge in [-0.05, 0) is 55.6 Å². The second kappa shape index (κ2) is 11.5. The van der Waals surface area contributed by atoms with Crippen LogP contribution in [0, 0.1) is 5.92 Å². The third-order valence-electron chi connectivity index (χ3n) is 6.63. The monoisotopic (exact) mass is 459 g/mol. The Labute approximate surface area is 203 Å². The minimum atomic E-state index is 0.0554. The number of para-hydroxylation sites is 1. The minimum Gasteiger partial charge on any atom is -0.494 e. The number of benzene rings is 2. The van der Waals surface area contributed by atoms with Crippen molar-refractivity contribution in [1.82, 2.24) is 14.8 Å². The maximum atomic E-state index is 12.6. The summed E-state index contributed by atoms with van der Waals surface area (Å²) in [6.07, 6.45) is 6.13. The highest BCUT2D eigenvalue weighted by molar-refractivity contribution is 5.81. The second-order valence-corrected chi connectivity index (χ2v) is 9.79. The number of piperidine rings is 1. The van der Waals surface area contributed by atoms with E-state index < -0.39 is 0 Å². The van der Waals surface area contributed by atoms with Gasteiger partial charge in [-0.2, -0.15) is 0 Å². The first-order valence-corrected chi connectivity index (χ1v) is 12.5. The molecule has 1 aliphatic rings. The van der Waals surface area contributed by atoms with Crippen LogP contribution in [0.5, 0.6) is 5.75 Å². The number of carbonyl (C=O) groups excluding carboxylic acids is 1. The highest BCUT2D eigenvalue weighted by atomic mass is 16.5. The number of amides is 1. The highest BCUT2D eigenvalue weighted by Gasteiger charge is 2.27. The molecule has 0 aliphatic carbocycles. The van der Waals surface area contributed by atoms with Crippen molar-refractivity contribution < 1.29 is 9.53 Å². The molecule has 34 heavy (non-hydrogen) atoms. The topological polar surface area (TPSA) is 45.7 Å². The Kier molecular flexibility index (Phi) is 8.17. The molecule has 0 bridgehead atoms. The molecule has 1 amide bonds. The lowest BCUT2D eigenvalue weighted by molar-refractivity contribution is -0.138. The summed E-state index contributed by atoms with van der Waals surface area (Å²) in [6.45, 7) is 7.16. The van der Waals surface area contributed by atoms with Crippen molar-refractivity contribution in [1.29, 1.82) is 0 Å². The van der Waals surface area contributed by atoms with Gasteiger partial charge in [0, 0.05) is 49.6 Å². The van der Waals surface area contributed by atoms with Crippen LogP contribution in [0.3, 0.4) is 0 Å². The van der Waals surface area contributed by atoms with Crippen LogP contribution in [-0.4, -0.2) is 46.9 Å². The zero-order valence-electron chi connectivity index (χ0n) is 20.7. The fourth-order valence-corrected chi connectivity index (χ4v) is 4.92. The number of hydrogen-bond donors (Lipinski definition) is 0. The van der Waals surface area contributed by atoms with E-state index in [-0.39, 0.29) is 11.8 Å². The molecule has 1 aliphatic heterocycles. The zero-order valence-corrected chi connectivity index (χ0v) is 20.7. The molecule has 0 spiro atoms. The van der Waals surface area contributed by atoms with Gasteiger partial charge in [-0.25, -0.2) is 0 Å². The van der Waals surface area contributed by atoms with Crippen LogP contribution < -0.4 is 4.74 Å². The molecule has 3 aromatic rings. The molecular weight excluding hydrogens is 422 g/mol. The van der Waals surface area contributed by atoms with Crippen molar-refractivity contribution in [2.75, 3.05) is 20.2 Å². The van der Waals surface area contributed by atoms with E-state index in [1.807, 2.05) is 32.2 Å². The van der Waals surface area contributed by atoms with Gasteiger partial charge in [0.15, 0.2) is 0 Å². The Bertz CT molecular complexity index is 1090. The third kappa shape index (κ3) is 6.15. The standard InChI is InChI=1S/C29H37N3O2/c1-22(2)29(33)32-17-5-4-13-26(32)15-18-34-27-14-6-9-23(19-27)20-31(3)21-25-11-7-10-24-12-8-16-30-28(24)25/h6-12,14,16,19,22,26H,4-5,13,15,17-18,20-21H2,1-3H3/t26-/m0/s1. The number of rotatable bonds is 9. The Morgan fingerprint density at radius 3 is 2.79 bits per heavy atom. The molecule has 5 heteroatoms. The lowest BCUT2D eigenvalue weighted by Crippen LogP contribution is -2.46. The van der Waals surface area contributed by atoms with Crippen molar-refractivity contribution in [2.45, 2.75) is 58.7 Å². The van der Waals surface area contributed by atoms with Crippen LogP contribution in [0.4, 0.5) is 0 Å².